The van der Waals surface area contributed by atoms with Gasteiger partial charge in [0.1, 0.15) is 0 Å². The van der Waals surface area contributed by atoms with Gasteiger partial charge in [-0.2, -0.15) is 5.10 Å². The molecule has 0 atom stereocenters. The zero-order chi connectivity index (χ0) is 11.4. The van der Waals surface area contributed by atoms with Gasteiger partial charge < -0.3 is 0 Å². The minimum Gasteiger partial charge on any atom is -0.290 e. The lowest BCUT2D eigenvalue weighted by Gasteiger charge is -2.00. The molecule has 2 rings (SSSR count). The molecule has 1 aromatic heterocycles. The number of hydrazine groups is 1. The SMILES string of the molecule is NNC(=O)c1cnn(Cc2ccccc2)c1. The van der Waals surface area contributed by atoms with Gasteiger partial charge >= 0.3 is 0 Å². The second-order valence-electron chi connectivity index (χ2n) is 3.39. The Morgan fingerprint density at radius 1 is 1.38 bits per heavy atom. The number of nitrogens with zero attached hydrogens (tertiary/aromatic N) is 2. The lowest BCUT2D eigenvalue weighted by atomic mass is 10.2. The molecule has 5 nitrogen and oxygen atoms in total. The zero-order valence-corrected chi connectivity index (χ0v) is 8.63. The standard InChI is InChI=1S/C11H12N4O/c12-14-11(16)10-6-13-15(8-10)7-9-4-2-1-3-5-9/h1-6,8H,7,12H2,(H,14,16). The van der Waals surface area contributed by atoms with Gasteiger partial charge in [-0.25, -0.2) is 5.84 Å². The summed E-state index contributed by atoms with van der Waals surface area (Å²) in [4.78, 5) is 11.2. The summed E-state index contributed by atoms with van der Waals surface area (Å²) in [6.45, 7) is 0.638. The van der Waals surface area contributed by atoms with Crippen LogP contribution in [-0.4, -0.2) is 15.7 Å². The molecule has 82 valence electrons. The second-order valence-corrected chi connectivity index (χ2v) is 3.39. The summed E-state index contributed by atoms with van der Waals surface area (Å²) < 4.78 is 1.69. The van der Waals surface area contributed by atoms with E-state index in [1.165, 1.54) is 6.20 Å². The van der Waals surface area contributed by atoms with Crippen molar-refractivity contribution in [1.82, 2.24) is 15.2 Å². The monoisotopic (exact) mass is 216 g/mol. The first kappa shape index (κ1) is 10.4. The topological polar surface area (TPSA) is 72.9 Å². The number of nitrogen functional groups attached to an aromatic ring is 1. The summed E-state index contributed by atoms with van der Waals surface area (Å²) in [5.41, 5.74) is 3.65. The number of nitrogens with two attached hydrogens (primary N) is 1. The van der Waals surface area contributed by atoms with Crippen LogP contribution in [0.25, 0.3) is 0 Å². The van der Waals surface area contributed by atoms with Crippen LogP contribution in [0, 0.1) is 0 Å². The Bertz CT molecular complexity index is 478. The van der Waals surface area contributed by atoms with E-state index >= 15 is 0 Å². The number of carbonyl (C=O) groups is 1. The van der Waals surface area contributed by atoms with Crippen LogP contribution in [0.15, 0.2) is 42.7 Å². The van der Waals surface area contributed by atoms with E-state index in [-0.39, 0.29) is 5.91 Å². The molecular weight excluding hydrogens is 204 g/mol. The predicted octanol–water partition coefficient (Wildman–Crippen LogP) is 0.535. The van der Waals surface area contributed by atoms with Gasteiger partial charge in [-0.3, -0.25) is 14.9 Å². The molecule has 0 saturated carbocycles. The highest BCUT2D eigenvalue weighted by molar-refractivity contribution is 5.93. The van der Waals surface area contributed by atoms with Crippen LogP contribution >= 0.6 is 0 Å². The lowest BCUT2D eigenvalue weighted by molar-refractivity contribution is 0.0953. The van der Waals surface area contributed by atoms with E-state index in [0.717, 1.165) is 5.56 Å². The van der Waals surface area contributed by atoms with Gasteiger partial charge in [-0.1, -0.05) is 30.3 Å². The molecule has 0 bridgehead atoms. The highest BCUT2D eigenvalue weighted by Gasteiger charge is 2.06. The van der Waals surface area contributed by atoms with Crippen LogP contribution in [0.4, 0.5) is 0 Å². The van der Waals surface area contributed by atoms with Crippen molar-refractivity contribution < 1.29 is 4.79 Å². The number of nitrogens with one attached hydrogen (secondary N) is 1. The van der Waals surface area contributed by atoms with Gasteiger partial charge in [0, 0.05) is 6.20 Å². The van der Waals surface area contributed by atoms with Crippen molar-refractivity contribution in [3.05, 3.63) is 53.9 Å². The second kappa shape index (κ2) is 4.59. The Hall–Kier alpha value is -2.14. The van der Waals surface area contributed by atoms with Gasteiger partial charge in [0.05, 0.1) is 18.3 Å². The van der Waals surface area contributed by atoms with E-state index in [0.29, 0.717) is 12.1 Å². The van der Waals surface area contributed by atoms with Crippen molar-refractivity contribution in [1.29, 1.82) is 0 Å². The third kappa shape index (κ3) is 2.26. The van der Waals surface area contributed by atoms with Crippen LogP contribution in [0.5, 0.6) is 0 Å². The molecule has 0 unspecified atom stereocenters. The van der Waals surface area contributed by atoms with Crippen LogP contribution in [-0.2, 0) is 6.54 Å². The molecule has 0 aliphatic carbocycles. The molecule has 0 fully saturated rings. The summed E-state index contributed by atoms with van der Waals surface area (Å²) in [6, 6.07) is 9.90. The van der Waals surface area contributed by atoms with E-state index in [9.17, 15) is 4.79 Å². The largest absolute Gasteiger partial charge is 0.290 e. The Kier molecular flexibility index (Phi) is 2.98. The average molecular weight is 216 g/mol. The molecule has 0 spiro atoms. The molecule has 0 saturated heterocycles. The third-order valence-corrected chi connectivity index (χ3v) is 2.21. The first-order valence-corrected chi connectivity index (χ1v) is 4.87. The lowest BCUT2D eigenvalue weighted by Crippen LogP contribution is -2.29. The third-order valence-electron chi connectivity index (χ3n) is 2.21. The van der Waals surface area contributed by atoms with Crippen LogP contribution in [0.2, 0.25) is 0 Å². The summed E-state index contributed by atoms with van der Waals surface area (Å²) in [5, 5.41) is 4.08. The molecule has 1 heterocycles. The molecule has 16 heavy (non-hydrogen) atoms. The molecular formula is C11H12N4O. The number of amides is 1. The number of aromatic nitrogens is 2. The van der Waals surface area contributed by atoms with Gasteiger partial charge in [-0.05, 0) is 5.56 Å². The van der Waals surface area contributed by atoms with E-state index in [4.69, 9.17) is 5.84 Å². The smallest absolute Gasteiger partial charge is 0.268 e. The maximum absolute atomic E-state index is 11.2. The Morgan fingerprint density at radius 2 is 2.12 bits per heavy atom. The van der Waals surface area contributed by atoms with Gasteiger partial charge in [0.15, 0.2) is 0 Å². The van der Waals surface area contributed by atoms with Crippen molar-refractivity contribution in [3.63, 3.8) is 0 Å². The van der Waals surface area contributed by atoms with Gasteiger partial charge in [-0.15, -0.1) is 0 Å². The Labute approximate surface area is 92.8 Å². The molecule has 1 aromatic carbocycles. The van der Waals surface area contributed by atoms with E-state index in [1.54, 1.807) is 10.9 Å². The Balaban J connectivity index is 2.12. The van der Waals surface area contributed by atoms with Gasteiger partial charge in [0.25, 0.3) is 5.91 Å². The van der Waals surface area contributed by atoms with Crippen molar-refractivity contribution >= 4 is 5.91 Å². The van der Waals surface area contributed by atoms with Crippen LogP contribution < -0.4 is 11.3 Å². The summed E-state index contributed by atoms with van der Waals surface area (Å²) in [6.07, 6.45) is 3.15. The maximum Gasteiger partial charge on any atom is 0.268 e. The first-order chi connectivity index (χ1) is 7.79. The first-order valence-electron chi connectivity index (χ1n) is 4.87. The van der Waals surface area contributed by atoms with Crippen molar-refractivity contribution in [2.75, 3.05) is 0 Å². The maximum atomic E-state index is 11.2. The van der Waals surface area contributed by atoms with Crippen molar-refractivity contribution in [3.8, 4) is 0 Å². The summed E-state index contributed by atoms with van der Waals surface area (Å²) >= 11 is 0. The summed E-state index contributed by atoms with van der Waals surface area (Å²) in [7, 11) is 0. The predicted molar refractivity (Wildman–Crippen MR) is 59.4 cm³/mol. The average Bonchev–Trinajstić information content (AvgIpc) is 2.78. The fourth-order valence-electron chi connectivity index (χ4n) is 1.42. The molecule has 1 amide bonds. The Morgan fingerprint density at radius 3 is 2.81 bits per heavy atom. The highest BCUT2D eigenvalue weighted by Crippen LogP contribution is 2.03. The molecule has 0 aliphatic rings. The zero-order valence-electron chi connectivity index (χ0n) is 8.63. The minimum absolute atomic E-state index is 0.334. The van der Waals surface area contributed by atoms with E-state index in [1.807, 2.05) is 30.3 Å². The van der Waals surface area contributed by atoms with Crippen LogP contribution in [0.3, 0.4) is 0 Å². The van der Waals surface area contributed by atoms with E-state index in [2.05, 4.69) is 10.5 Å². The molecule has 5 heteroatoms. The molecule has 3 N–H and O–H groups in total. The fraction of sp³-hybridized carbons (Fsp3) is 0.0909. The quantitative estimate of drug-likeness (QED) is 0.446. The van der Waals surface area contributed by atoms with Crippen LogP contribution in [0.1, 0.15) is 15.9 Å². The van der Waals surface area contributed by atoms with Crippen molar-refractivity contribution in [2.45, 2.75) is 6.54 Å². The number of rotatable bonds is 3. The number of benzene rings is 1. The summed E-state index contributed by atoms with van der Waals surface area (Å²) in [5.74, 6) is 4.70. The molecule has 0 radical (unpaired) electrons. The van der Waals surface area contributed by atoms with Gasteiger partial charge in [0.2, 0.25) is 0 Å². The number of hydrogen-bond acceptors (Lipinski definition) is 3. The fourth-order valence-corrected chi connectivity index (χ4v) is 1.42. The normalized spacial score (nSPS) is 10.1. The highest BCUT2D eigenvalue weighted by atomic mass is 16.2. The molecule has 0 aliphatic heterocycles. The van der Waals surface area contributed by atoms with Crippen molar-refractivity contribution in [2.24, 2.45) is 5.84 Å². The van der Waals surface area contributed by atoms with E-state index < -0.39 is 0 Å². The number of hydrogen-bond donors (Lipinski definition) is 2. The molecule has 2 aromatic rings. The number of carbonyl (C=O) groups excluding carboxylic acids is 1. The minimum atomic E-state index is -0.334.